The van der Waals surface area contributed by atoms with Crippen LogP contribution in [0.25, 0.3) is 16.6 Å². The van der Waals surface area contributed by atoms with Gasteiger partial charge in [0.15, 0.2) is 5.82 Å². The summed E-state index contributed by atoms with van der Waals surface area (Å²) in [5.74, 6) is 0.331. The number of aromatic nitrogens is 2. The number of para-hydroxylation sites is 2. The molecule has 0 radical (unpaired) electrons. The lowest BCUT2D eigenvalue weighted by Gasteiger charge is -2.11. The number of carbonyl (C=O) groups is 1. The fraction of sp³-hybridized carbons (Fsp3) is 0. The molecule has 0 spiro atoms. The molecule has 0 fully saturated rings. The second kappa shape index (κ2) is 5.58. The van der Waals surface area contributed by atoms with Crippen LogP contribution in [-0.4, -0.2) is 15.3 Å². The average Bonchev–Trinajstić information content (AvgIpc) is 3.10. The number of nitrogens with two attached hydrogens (primary N) is 1. The van der Waals surface area contributed by atoms with Gasteiger partial charge in [-0.3, -0.25) is 15.6 Å². The van der Waals surface area contributed by atoms with Crippen LogP contribution in [0.4, 0.5) is 11.5 Å². The van der Waals surface area contributed by atoms with E-state index < -0.39 is 0 Å². The average molecular weight is 317 g/mol. The number of nitrogens with zero attached hydrogens (tertiary/aromatic N) is 2. The molecule has 0 bridgehead atoms. The number of rotatable bonds is 3. The van der Waals surface area contributed by atoms with Crippen molar-refractivity contribution in [2.24, 2.45) is 0 Å². The van der Waals surface area contributed by atoms with Crippen molar-refractivity contribution in [2.45, 2.75) is 0 Å². The molecule has 6 heteroatoms. The summed E-state index contributed by atoms with van der Waals surface area (Å²) in [6.07, 6.45) is 1.96. The van der Waals surface area contributed by atoms with Gasteiger partial charge in [0.1, 0.15) is 0 Å². The lowest BCUT2D eigenvalue weighted by atomic mass is 10.2. The van der Waals surface area contributed by atoms with Crippen LogP contribution in [0.2, 0.25) is 0 Å². The van der Waals surface area contributed by atoms with E-state index in [4.69, 9.17) is 5.73 Å². The Hall–Kier alpha value is -3.54. The molecule has 0 unspecified atom stereocenters. The summed E-state index contributed by atoms with van der Waals surface area (Å²) >= 11 is 0. The number of carbonyl (C=O) groups excluding carboxylic acids is 1. The van der Waals surface area contributed by atoms with Gasteiger partial charge in [0.2, 0.25) is 0 Å². The molecule has 0 aliphatic rings. The molecule has 0 saturated heterocycles. The number of nitrogen functional groups attached to an aromatic ring is 1. The second-order valence-electron chi connectivity index (χ2n) is 5.41. The van der Waals surface area contributed by atoms with Crippen LogP contribution in [0, 0.1) is 0 Å². The van der Waals surface area contributed by atoms with Gasteiger partial charge in [-0.15, -0.1) is 0 Å². The lowest BCUT2D eigenvalue weighted by Crippen LogP contribution is -2.30. The molecule has 24 heavy (non-hydrogen) atoms. The van der Waals surface area contributed by atoms with Crippen LogP contribution in [0.1, 0.15) is 10.4 Å². The topological polar surface area (TPSA) is 84.5 Å². The molecule has 0 aliphatic heterocycles. The largest absolute Gasteiger partial charge is 0.399 e. The number of fused-ring (bicyclic) bond motifs is 3. The number of nitrogens with one attached hydrogen (secondary N) is 2. The van der Waals surface area contributed by atoms with Gasteiger partial charge < -0.3 is 10.1 Å². The molecule has 2 aromatic carbocycles. The molecular formula is C18H15N5O. The summed E-state index contributed by atoms with van der Waals surface area (Å²) in [5, 5.41) is 0. The van der Waals surface area contributed by atoms with Crippen molar-refractivity contribution in [3.63, 3.8) is 0 Å². The van der Waals surface area contributed by atoms with Gasteiger partial charge in [-0.1, -0.05) is 12.1 Å². The fourth-order valence-electron chi connectivity index (χ4n) is 2.64. The molecule has 4 N–H and O–H groups in total. The lowest BCUT2D eigenvalue weighted by molar-refractivity contribution is 0.0962. The Kier molecular flexibility index (Phi) is 3.28. The predicted molar refractivity (Wildman–Crippen MR) is 94.6 cm³/mol. The zero-order chi connectivity index (χ0) is 16.5. The van der Waals surface area contributed by atoms with Gasteiger partial charge in [-0.2, -0.15) is 0 Å². The van der Waals surface area contributed by atoms with Crippen molar-refractivity contribution >= 4 is 34.0 Å². The maximum atomic E-state index is 12.2. The van der Waals surface area contributed by atoms with Crippen LogP contribution in [0.15, 0.2) is 66.9 Å². The van der Waals surface area contributed by atoms with Crippen molar-refractivity contribution in [1.29, 1.82) is 0 Å². The van der Waals surface area contributed by atoms with Gasteiger partial charge in [0, 0.05) is 17.4 Å². The first-order valence-electron chi connectivity index (χ1n) is 7.50. The minimum Gasteiger partial charge on any atom is -0.399 e. The van der Waals surface area contributed by atoms with E-state index in [0.29, 0.717) is 17.1 Å². The highest BCUT2D eigenvalue weighted by Crippen LogP contribution is 2.21. The summed E-state index contributed by atoms with van der Waals surface area (Å²) in [5.41, 5.74) is 15.1. The van der Waals surface area contributed by atoms with Crippen molar-refractivity contribution < 1.29 is 4.79 Å². The zero-order valence-electron chi connectivity index (χ0n) is 12.7. The molecule has 6 nitrogen and oxygen atoms in total. The van der Waals surface area contributed by atoms with Crippen molar-refractivity contribution in [3.8, 4) is 0 Å². The van der Waals surface area contributed by atoms with Gasteiger partial charge >= 0.3 is 0 Å². The molecule has 2 heterocycles. The second-order valence-corrected chi connectivity index (χ2v) is 5.41. The number of benzene rings is 2. The van der Waals surface area contributed by atoms with Gasteiger partial charge in [0.25, 0.3) is 5.91 Å². The minimum absolute atomic E-state index is 0.255. The third kappa shape index (κ3) is 2.40. The smallest absolute Gasteiger partial charge is 0.269 e. The van der Waals surface area contributed by atoms with Crippen molar-refractivity contribution in [1.82, 2.24) is 14.8 Å². The highest BCUT2D eigenvalue weighted by atomic mass is 16.2. The minimum atomic E-state index is -0.255. The first-order chi connectivity index (χ1) is 11.7. The van der Waals surface area contributed by atoms with Crippen molar-refractivity contribution in [3.05, 3.63) is 72.4 Å². The Balaban J connectivity index is 1.65. The third-order valence-electron chi connectivity index (χ3n) is 3.83. The van der Waals surface area contributed by atoms with E-state index in [0.717, 1.165) is 16.6 Å². The normalized spacial score (nSPS) is 10.8. The molecule has 0 aliphatic carbocycles. The highest BCUT2D eigenvalue weighted by Gasteiger charge is 2.09. The molecule has 0 atom stereocenters. The molecule has 1 amide bonds. The summed E-state index contributed by atoms with van der Waals surface area (Å²) < 4.78 is 2.03. The monoisotopic (exact) mass is 317 g/mol. The summed E-state index contributed by atoms with van der Waals surface area (Å²) in [6.45, 7) is 0. The number of amides is 1. The molecule has 2 aromatic heterocycles. The molecule has 0 saturated carbocycles. The van der Waals surface area contributed by atoms with Gasteiger partial charge in [-0.05, 0) is 48.5 Å². The van der Waals surface area contributed by atoms with Crippen LogP contribution >= 0.6 is 0 Å². The van der Waals surface area contributed by atoms with E-state index in [1.165, 1.54) is 0 Å². The van der Waals surface area contributed by atoms with E-state index in [1.54, 1.807) is 24.3 Å². The molecule has 118 valence electrons. The first kappa shape index (κ1) is 14.1. The van der Waals surface area contributed by atoms with E-state index >= 15 is 0 Å². The van der Waals surface area contributed by atoms with Gasteiger partial charge in [0.05, 0.1) is 16.6 Å². The van der Waals surface area contributed by atoms with E-state index in [9.17, 15) is 4.79 Å². The van der Waals surface area contributed by atoms with Crippen molar-refractivity contribution in [2.75, 3.05) is 11.2 Å². The Bertz CT molecular complexity index is 1040. The third-order valence-corrected chi connectivity index (χ3v) is 3.83. The SMILES string of the molecule is Nc1ccc(C(=O)NNc2nc3ccccc3n3cccc23)cc1. The maximum absolute atomic E-state index is 12.2. The molecular weight excluding hydrogens is 302 g/mol. The van der Waals surface area contributed by atoms with E-state index in [-0.39, 0.29) is 5.91 Å². The Labute approximate surface area is 137 Å². The molecule has 4 rings (SSSR count). The number of anilines is 2. The zero-order valence-corrected chi connectivity index (χ0v) is 12.7. The van der Waals surface area contributed by atoms with E-state index in [2.05, 4.69) is 15.8 Å². The fourth-order valence-corrected chi connectivity index (χ4v) is 2.64. The van der Waals surface area contributed by atoms with Crippen LogP contribution in [0.3, 0.4) is 0 Å². The van der Waals surface area contributed by atoms with Crippen LogP contribution < -0.4 is 16.6 Å². The standard InChI is InChI=1S/C18H15N5O/c19-13-9-7-12(8-10-13)18(24)22-21-17-16-6-3-11-23(16)15-5-2-1-4-14(15)20-17/h1-11H,19H2,(H,20,21)(H,22,24). The number of hydrogen-bond donors (Lipinski definition) is 3. The Morgan fingerprint density at radius 3 is 2.54 bits per heavy atom. The molecule has 4 aromatic rings. The summed E-state index contributed by atoms with van der Waals surface area (Å²) in [7, 11) is 0. The quantitative estimate of drug-likeness (QED) is 0.401. The van der Waals surface area contributed by atoms with Crippen LogP contribution in [-0.2, 0) is 0 Å². The Morgan fingerprint density at radius 1 is 0.958 bits per heavy atom. The number of hydrogen-bond acceptors (Lipinski definition) is 4. The predicted octanol–water partition coefficient (Wildman–Crippen LogP) is 2.83. The maximum Gasteiger partial charge on any atom is 0.269 e. The van der Waals surface area contributed by atoms with Gasteiger partial charge in [-0.25, -0.2) is 4.98 Å². The summed E-state index contributed by atoms with van der Waals surface area (Å²) in [4.78, 5) is 16.8. The Morgan fingerprint density at radius 2 is 1.71 bits per heavy atom. The summed E-state index contributed by atoms with van der Waals surface area (Å²) in [6, 6.07) is 18.4. The van der Waals surface area contributed by atoms with E-state index in [1.807, 2.05) is 47.0 Å². The first-order valence-corrected chi connectivity index (χ1v) is 7.50. The number of hydrazine groups is 1. The highest BCUT2D eigenvalue weighted by molar-refractivity contribution is 5.95. The van der Waals surface area contributed by atoms with Crippen LogP contribution in [0.5, 0.6) is 0 Å².